The highest BCUT2D eigenvalue weighted by Crippen LogP contribution is 2.38. The number of fused-ring (bicyclic) bond motifs is 1. The Morgan fingerprint density at radius 3 is 2.36 bits per heavy atom. The van der Waals surface area contributed by atoms with Gasteiger partial charge in [-0.05, 0) is 5.56 Å². The summed E-state index contributed by atoms with van der Waals surface area (Å²) in [6.07, 6.45) is -1.04. The van der Waals surface area contributed by atoms with Gasteiger partial charge >= 0.3 is 0 Å². The van der Waals surface area contributed by atoms with Gasteiger partial charge in [-0.1, -0.05) is 60.7 Å². The fourth-order valence-electron chi connectivity index (χ4n) is 4.18. The van der Waals surface area contributed by atoms with Crippen molar-refractivity contribution in [2.45, 2.75) is 43.5 Å². The molecule has 0 bridgehead atoms. The SMILES string of the molecule is COC1OC2COC(c3ccccc3)OC2C(N(C#N)Cc2ccccc2)C1OS(C)(=O)=O. The van der Waals surface area contributed by atoms with E-state index in [9.17, 15) is 13.7 Å². The van der Waals surface area contributed by atoms with E-state index in [-0.39, 0.29) is 13.2 Å². The number of hydrogen-bond donors (Lipinski definition) is 0. The maximum Gasteiger partial charge on any atom is 0.264 e. The van der Waals surface area contributed by atoms with Crippen molar-refractivity contribution in [3.05, 3.63) is 71.8 Å². The summed E-state index contributed by atoms with van der Waals surface area (Å²) in [5.41, 5.74) is 1.68. The van der Waals surface area contributed by atoms with Gasteiger partial charge in [0.15, 0.2) is 24.9 Å². The Bertz CT molecular complexity index is 1060. The number of nitriles is 1. The third kappa shape index (κ3) is 5.52. The Kier molecular flexibility index (Phi) is 7.29. The van der Waals surface area contributed by atoms with E-state index in [1.54, 1.807) is 0 Å². The predicted molar refractivity (Wildman–Crippen MR) is 117 cm³/mol. The van der Waals surface area contributed by atoms with Crippen molar-refractivity contribution in [3.63, 3.8) is 0 Å². The van der Waals surface area contributed by atoms with Gasteiger partial charge in [0.1, 0.15) is 18.2 Å². The number of nitrogens with zero attached hydrogens (tertiary/aromatic N) is 2. The maximum atomic E-state index is 12.1. The molecular formula is C23H26N2O7S. The van der Waals surface area contributed by atoms with Gasteiger partial charge in [0.25, 0.3) is 10.1 Å². The van der Waals surface area contributed by atoms with Crippen LogP contribution in [0.2, 0.25) is 0 Å². The molecule has 2 aliphatic heterocycles. The van der Waals surface area contributed by atoms with E-state index in [4.69, 9.17) is 23.1 Å². The molecule has 176 valence electrons. The van der Waals surface area contributed by atoms with Gasteiger partial charge in [-0.3, -0.25) is 9.08 Å². The Hall–Kier alpha value is -2.52. The zero-order valence-electron chi connectivity index (χ0n) is 18.3. The minimum absolute atomic E-state index is 0.177. The van der Waals surface area contributed by atoms with Crippen LogP contribution >= 0.6 is 0 Å². The Morgan fingerprint density at radius 1 is 1.09 bits per heavy atom. The van der Waals surface area contributed by atoms with Crippen molar-refractivity contribution in [1.29, 1.82) is 5.26 Å². The first kappa shape index (κ1) is 23.6. The molecule has 2 aromatic rings. The van der Waals surface area contributed by atoms with Crippen molar-refractivity contribution >= 4 is 10.1 Å². The maximum absolute atomic E-state index is 12.1. The van der Waals surface area contributed by atoms with Gasteiger partial charge in [-0.2, -0.15) is 13.7 Å². The van der Waals surface area contributed by atoms with E-state index in [0.717, 1.165) is 17.4 Å². The van der Waals surface area contributed by atoms with E-state index >= 15 is 0 Å². The smallest absolute Gasteiger partial charge is 0.264 e. The zero-order valence-corrected chi connectivity index (χ0v) is 19.1. The average molecular weight is 475 g/mol. The summed E-state index contributed by atoms with van der Waals surface area (Å²) in [5, 5.41) is 10.1. The fraction of sp³-hybridized carbons (Fsp3) is 0.435. The van der Waals surface area contributed by atoms with Crippen LogP contribution in [0.15, 0.2) is 60.7 Å². The fourth-order valence-corrected chi connectivity index (χ4v) is 4.79. The minimum atomic E-state index is -3.90. The second kappa shape index (κ2) is 10.2. The normalized spacial score (nSPS) is 29.6. The van der Waals surface area contributed by atoms with Gasteiger partial charge in [0.2, 0.25) is 0 Å². The molecular weight excluding hydrogens is 448 g/mol. The standard InChI is InChI=1S/C23H26N2O7S/c1-28-23-21(32-33(2,26)27)19(25(15-24)13-16-9-5-3-6-10-16)20-18(30-23)14-29-22(31-20)17-11-7-4-8-12-17/h3-12,18-23H,13-14H2,1-2H3. The lowest BCUT2D eigenvalue weighted by Crippen LogP contribution is -2.67. The van der Waals surface area contributed by atoms with Crippen molar-refractivity contribution in [1.82, 2.24) is 4.90 Å². The topological polar surface area (TPSA) is 107 Å². The lowest BCUT2D eigenvalue weighted by molar-refractivity contribution is -0.344. The van der Waals surface area contributed by atoms with E-state index in [1.165, 1.54) is 12.0 Å². The van der Waals surface area contributed by atoms with Crippen molar-refractivity contribution < 1.29 is 31.5 Å². The third-order valence-electron chi connectivity index (χ3n) is 5.58. The number of hydrogen-bond acceptors (Lipinski definition) is 9. The number of methoxy groups -OCH3 is 1. The molecule has 2 fully saturated rings. The van der Waals surface area contributed by atoms with Crippen LogP contribution in [0.1, 0.15) is 17.4 Å². The summed E-state index contributed by atoms with van der Waals surface area (Å²) in [7, 11) is -2.51. The molecule has 0 aliphatic carbocycles. The Morgan fingerprint density at radius 2 is 1.76 bits per heavy atom. The lowest BCUT2D eigenvalue weighted by atomic mass is 9.93. The molecule has 6 unspecified atom stereocenters. The first-order valence-electron chi connectivity index (χ1n) is 10.5. The van der Waals surface area contributed by atoms with Crippen LogP contribution in [-0.2, 0) is 39.8 Å². The molecule has 2 aromatic carbocycles. The molecule has 10 heteroatoms. The monoisotopic (exact) mass is 474 g/mol. The molecule has 2 aliphatic rings. The van der Waals surface area contributed by atoms with Gasteiger partial charge in [-0.15, -0.1) is 0 Å². The highest BCUT2D eigenvalue weighted by atomic mass is 32.2. The van der Waals surface area contributed by atoms with Crippen LogP contribution in [0, 0.1) is 11.5 Å². The molecule has 2 heterocycles. The molecule has 0 saturated carbocycles. The summed E-state index contributed by atoms with van der Waals surface area (Å²) >= 11 is 0. The van der Waals surface area contributed by atoms with E-state index in [2.05, 4.69) is 6.19 Å². The molecule has 2 saturated heterocycles. The number of benzene rings is 2. The summed E-state index contributed by atoms with van der Waals surface area (Å²) in [4.78, 5) is 1.46. The average Bonchev–Trinajstić information content (AvgIpc) is 2.82. The first-order chi connectivity index (χ1) is 15.9. The van der Waals surface area contributed by atoms with E-state index < -0.39 is 47.1 Å². The van der Waals surface area contributed by atoms with Crippen LogP contribution in [0.25, 0.3) is 0 Å². The Labute approximate surface area is 193 Å². The van der Waals surface area contributed by atoms with Crippen LogP contribution in [0.5, 0.6) is 0 Å². The largest absolute Gasteiger partial charge is 0.353 e. The second-order valence-corrected chi connectivity index (χ2v) is 9.53. The summed E-state index contributed by atoms with van der Waals surface area (Å²) < 4.78 is 53.2. The first-order valence-corrected chi connectivity index (χ1v) is 12.3. The van der Waals surface area contributed by atoms with Gasteiger partial charge in [-0.25, -0.2) is 0 Å². The summed E-state index contributed by atoms with van der Waals surface area (Å²) in [6.45, 7) is 0.405. The molecule has 6 atom stereocenters. The molecule has 33 heavy (non-hydrogen) atoms. The molecule has 4 rings (SSSR count). The van der Waals surface area contributed by atoms with Crippen LogP contribution < -0.4 is 0 Å². The summed E-state index contributed by atoms with van der Waals surface area (Å²) in [5.74, 6) is 0. The van der Waals surface area contributed by atoms with Crippen molar-refractivity contribution in [2.75, 3.05) is 20.0 Å². The van der Waals surface area contributed by atoms with Crippen molar-refractivity contribution in [3.8, 4) is 6.19 Å². The molecule has 9 nitrogen and oxygen atoms in total. The molecule has 0 N–H and O–H groups in total. The predicted octanol–water partition coefficient (Wildman–Crippen LogP) is 2.17. The van der Waals surface area contributed by atoms with Crippen LogP contribution in [0.3, 0.4) is 0 Å². The lowest BCUT2D eigenvalue weighted by Gasteiger charge is -2.50. The third-order valence-corrected chi connectivity index (χ3v) is 6.16. The van der Waals surface area contributed by atoms with Crippen LogP contribution in [-0.4, -0.2) is 63.9 Å². The molecule has 0 amide bonds. The van der Waals surface area contributed by atoms with Crippen molar-refractivity contribution in [2.24, 2.45) is 0 Å². The van der Waals surface area contributed by atoms with Gasteiger partial charge in [0, 0.05) is 12.7 Å². The summed E-state index contributed by atoms with van der Waals surface area (Å²) in [6, 6.07) is 18.0. The number of ether oxygens (including phenoxy) is 4. The quantitative estimate of drug-likeness (QED) is 0.339. The highest BCUT2D eigenvalue weighted by Gasteiger charge is 2.54. The second-order valence-electron chi connectivity index (χ2n) is 7.92. The van der Waals surface area contributed by atoms with Crippen LogP contribution in [0.4, 0.5) is 0 Å². The molecule has 0 aromatic heterocycles. The van der Waals surface area contributed by atoms with Gasteiger partial charge < -0.3 is 18.9 Å². The number of rotatable bonds is 7. The van der Waals surface area contributed by atoms with E-state index in [1.807, 2.05) is 60.7 Å². The zero-order chi connectivity index (χ0) is 23.4. The molecule has 0 spiro atoms. The minimum Gasteiger partial charge on any atom is -0.353 e. The van der Waals surface area contributed by atoms with E-state index in [0.29, 0.717) is 0 Å². The van der Waals surface area contributed by atoms with Gasteiger partial charge in [0.05, 0.1) is 19.4 Å². The molecule has 0 radical (unpaired) electrons. The highest BCUT2D eigenvalue weighted by molar-refractivity contribution is 7.86. The Balaban J connectivity index is 1.70.